The Bertz CT molecular complexity index is 2440. The highest BCUT2D eigenvalue weighted by atomic mass is 15.1. The molecule has 0 bridgehead atoms. The van der Waals surface area contributed by atoms with Crippen LogP contribution in [0.3, 0.4) is 0 Å². The number of aryl methyl sites for hydroxylation is 2. The fourth-order valence-electron chi connectivity index (χ4n) is 8.29. The van der Waals surface area contributed by atoms with E-state index in [4.69, 9.17) is 0 Å². The van der Waals surface area contributed by atoms with E-state index in [1.165, 1.54) is 55.6 Å². The zero-order chi connectivity index (χ0) is 37.5. The molecule has 2 nitrogen and oxygen atoms in total. The molecule has 0 fully saturated rings. The third kappa shape index (κ3) is 6.40. The van der Waals surface area contributed by atoms with E-state index in [2.05, 4.69) is 232 Å². The maximum Gasteiger partial charge on any atom is 0.0465 e. The van der Waals surface area contributed by atoms with Crippen molar-refractivity contribution in [1.82, 2.24) is 0 Å². The van der Waals surface area contributed by atoms with Gasteiger partial charge in [-0.25, -0.2) is 0 Å². The smallest absolute Gasteiger partial charge is 0.0465 e. The molecule has 0 aliphatic heterocycles. The normalized spacial score (nSPS) is 12.5. The molecule has 0 saturated carbocycles. The van der Waals surface area contributed by atoms with Gasteiger partial charge in [-0.1, -0.05) is 135 Å². The second-order valence-corrected chi connectivity index (χ2v) is 15.3. The molecular formula is C53H44N2. The minimum Gasteiger partial charge on any atom is -0.310 e. The van der Waals surface area contributed by atoms with Crippen molar-refractivity contribution < 1.29 is 0 Å². The van der Waals surface area contributed by atoms with E-state index in [-0.39, 0.29) is 5.41 Å². The first-order valence-electron chi connectivity index (χ1n) is 19.2. The molecule has 0 N–H and O–H groups in total. The Morgan fingerprint density at radius 3 is 1.04 bits per heavy atom. The third-order valence-electron chi connectivity index (χ3n) is 11.1. The van der Waals surface area contributed by atoms with Gasteiger partial charge in [-0.15, -0.1) is 0 Å². The Labute approximate surface area is 325 Å². The molecule has 8 aromatic carbocycles. The Kier molecular flexibility index (Phi) is 8.67. The molecule has 266 valence electrons. The fourth-order valence-corrected chi connectivity index (χ4v) is 8.29. The highest BCUT2D eigenvalue weighted by Gasteiger charge is 2.37. The first-order chi connectivity index (χ1) is 26.8. The van der Waals surface area contributed by atoms with E-state index >= 15 is 0 Å². The summed E-state index contributed by atoms with van der Waals surface area (Å²) in [6, 6.07) is 70.8. The molecular weight excluding hydrogens is 665 g/mol. The lowest BCUT2D eigenvalue weighted by atomic mass is 9.82. The number of fused-ring (bicyclic) bond motifs is 3. The van der Waals surface area contributed by atoms with Crippen molar-refractivity contribution in [2.45, 2.75) is 33.1 Å². The second-order valence-electron chi connectivity index (χ2n) is 15.3. The van der Waals surface area contributed by atoms with Crippen molar-refractivity contribution in [3.05, 3.63) is 216 Å². The summed E-state index contributed by atoms with van der Waals surface area (Å²) in [4.78, 5) is 4.79. The van der Waals surface area contributed by atoms with E-state index < -0.39 is 0 Å². The van der Waals surface area contributed by atoms with E-state index in [1.807, 2.05) is 0 Å². The van der Waals surface area contributed by atoms with Crippen LogP contribution in [0.5, 0.6) is 0 Å². The summed E-state index contributed by atoms with van der Waals surface area (Å²) >= 11 is 0. The lowest BCUT2D eigenvalue weighted by Gasteiger charge is -2.29. The summed E-state index contributed by atoms with van der Waals surface area (Å²) < 4.78 is 0. The number of anilines is 6. The van der Waals surface area contributed by atoms with Crippen LogP contribution in [0, 0.1) is 13.8 Å². The molecule has 0 spiro atoms. The molecule has 8 aromatic rings. The summed E-state index contributed by atoms with van der Waals surface area (Å²) in [5.74, 6) is 0. The maximum absolute atomic E-state index is 2.42. The van der Waals surface area contributed by atoms with Crippen LogP contribution in [0.2, 0.25) is 0 Å². The average molecular weight is 709 g/mol. The quantitative estimate of drug-likeness (QED) is 0.155. The summed E-state index contributed by atoms with van der Waals surface area (Å²) in [5, 5.41) is 0. The molecule has 1 aliphatic carbocycles. The summed E-state index contributed by atoms with van der Waals surface area (Å²) in [7, 11) is 0. The van der Waals surface area contributed by atoms with Crippen LogP contribution >= 0.6 is 0 Å². The van der Waals surface area contributed by atoms with Gasteiger partial charge in [0, 0.05) is 39.5 Å². The lowest BCUT2D eigenvalue weighted by Crippen LogP contribution is -2.17. The Morgan fingerprint density at radius 1 is 0.309 bits per heavy atom. The minimum absolute atomic E-state index is 0.221. The Balaban J connectivity index is 1.11. The van der Waals surface area contributed by atoms with Gasteiger partial charge in [0.2, 0.25) is 0 Å². The van der Waals surface area contributed by atoms with E-state index in [0.717, 1.165) is 34.1 Å². The molecule has 0 heterocycles. The third-order valence-corrected chi connectivity index (χ3v) is 11.1. The number of benzene rings is 8. The molecule has 55 heavy (non-hydrogen) atoms. The number of nitrogens with zero attached hydrogens (tertiary/aromatic N) is 2. The molecule has 0 saturated heterocycles. The van der Waals surface area contributed by atoms with Crippen molar-refractivity contribution in [3.63, 3.8) is 0 Å². The van der Waals surface area contributed by atoms with Crippen molar-refractivity contribution in [2.24, 2.45) is 0 Å². The first kappa shape index (κ1) is 34.1. The van der Waals surface area contributed by atoms with E-state index in [1.54, 1.807) is 0 Å². The molecule has 0 radical (unpaired) electrons. The zero-order valence-electron chi connectivity index (χ0n) is 31.9. The van der Waals surface area contributed by atoms with Crippen molar-refractivity contribution in [3.8, 4) is 33.4 Å². The first-order valence-corrected chi connectivity index (χ1v) is 19.2. The second kappa shape index (κ2) is 14.0. The van der Waals surface area contributed by atoms with Crippen LogP contribution in [0.4, 0.5) is 34.1 Å². The molecule has 0 aromatic heterocycles. The topological polar surface area (TPSA) is 6.48 Å². The van der Waals surface area contributed by atoms with Gasteiger partial charge in [0.15, 0.2) is 0 Å². The summed E-state index contributed by atoms with van der Waals surface area (Å²) in [6.07, 6.45) is 0. The largest absolute Gasteiger partial charge is 0.310 e. The number of rotatable bonds is 8. The van der Waals surface area contributed by atoms with Gasteiger partial charge >= 0.3 is 0 Å². The van der Waals surface area contributed by atoms with Crippen LogP contribution in [0.15, 0.2) is 194 Å². The fraction of sp³-hybridized carbons (Fsp3) is 0.0943. The monoisotopic (exact) mass is 708 g/mol. The standard InChI is InChI=1S/C53H44N2/c1-37-13-11-19-45(33-37)54(43-25-21-41(22-26-43)39-15-7-5-8-16-39)47-29-31-49-50-32-30-48(36-52(50)53(3,4)51(49)35-47)55(46-20-12-14-38(2)34-46)44-27-23-42(24-28-44)40-17-9-6-10-18-40/h5-36H,1-4H3. The predicted molar refractivity (Wildman–Crippen MR) is 234 cm³/mol. The van der Waals surface area contributed by atoms with Gasteiger partial charge in [-0.05, 0) is 142 Å². The van der Waals surface area contributed by atoms with Gasteiger partial charge in [-0.2, -0.15) is 0 Å². The van der Waals surface area contributed by atoms with Crippen molar-refractivity contribution in [1.29, 1.82) is 0 Å². The molecule has 0 amide bonds. The van der Waals surface area contributed by atoms with Gasteiger partial charge < -0.3 is 9.80 Å². The molecule has 2 heteroatoms. The molecule has 0 atom stereocenters. The molecule has 0 unspecified atom stereocenters. The summed E-state index contributed by atoms with van der Waals surface area (Å²) in [5.41, 5.74) is 19.2. The maximum atomic E-state index is 2.42. The highest BCUT2D eigenvalue weighted by Crippen LogP contribution is 2.52. The zero-order valence-corrected chi connectivity index (χ0v) is 31.9. The van der Waals surface area contributed by atoms with E-state index in [9.17, 15) is 0 Å². The summed E-state index contributed by atoms with van der Waals surface area (Å²) in [6.45, 7) is 9.08. The van der Waals surface area contributed by atoms with Gasteiger partial charge in [0.05, 0.1) is 0 Å². The van der Waals surface area contributed by atoms with Crippen LogP contribution in [0.25, 0.3) is 33.4 Å². The van der Waals surface area contributed by atoms with E-state index in [0.29, 0.717) is 0 Å². The van der Waals surface area contributed by atoms with Gasteiger partial charge in [0.1, 0.15) is 0 Å². The highest BCUT2D eigenvalue weighted by molar-refractivity contribution is 5.89. The Morgan fingerprint density at radius 2 is 0.655 bits per heavy atom. The SMILES string of the molecule is Cc1cccc(N(c2ccc(-c3ccccc3)cc2)c2ccc3c(c2)C(C)(C)c2cc(N(c4ccc(-c5ccccc5)cc4)c4cccc(C)c4)ccc2-3)c1. The number of hydrogen-bond acceptors (Lipinski definition) is 2. The van der Waals surface area contributed by atoms with Crippen molar-refractivity contribution >= 4 is 34.1 Å². The van der Waals surface area contributed by atoms with Gasteiger partial charge in [0.25, 0.3) is 0 Å². The molecule has 1 aliphatic rings. The van der Waals surface area contributed by atoms with Crippen molar-refractivity contribution in [2.75, 3.05) is 9.80 Å². The number of hydrogen-bond donors (Lipinski definition) is 0. The predicted octanol–water partition coefficient (Wildman–Crippen LogP) is 14.9. The van der Waals surface area contributed by atoms with Gasteiger partial charge in [-0.3, -0.25) is 0 Å². The van der Waals surface area contributed by atoms with Crippen LogP contribution in [0.1, 0.15) is 36.1 Å². The lowest BCUT2D eigenvalue weighted by molar-refractivity contribution is 0.660. The molecule has 9 rings (SSSR count). The average Bonchev–Trinajstić information content (AvgIpc) is 3.44. The van der Waals surface area contributed by atoms with Crippen LogP contribution < -0.4 is 9.80 Å². The van der Waals surface area contributed by atoms with Crippen LogP contribution in [-0.4, -0.2) is 0 Å². The minimum atomic E-state index is -0.221. The Hall–Kier alpha value is -6.64. The van der Waals surface area contributed by atoms with Crippen LogP contribution in [-0.2, 0) is 5.41 Å².